The topological polar surface area (TPSA) is 274 Å². The molecule has 4 rings (SSSR count). The van der Waals surface area contributed by atoms with E-state index in [4.69, 9.17) is 19.2 Å². The number of carbonyl (C=O) groups excluding carboxylic acids is 7. The summed E-state index contributed by atoms with van der Waals surface area (Å²) in [4.78, 5) is 135. The number of ketones is 2. The SMILES string of the molecule is C=CC(=O)OCCC(=O)C(CC)(CC)C(=O)NC1=NC(=Cc2[nH]c(NC(=O)C(CC)(CC)C(=O)CSC(CC(=O)O)C(=O)O)c(C(=O)OC3C(C(C)(C)C)CC(C)CC3C(C)(C)C)c2C(C)C)C(C(C)C)=C1C(=O)OC1C(C(C)(C)C)CC(C)CC1C(C)(C)C. The van der Waals surface area contributed by atoms with Gasteiger partial charge in [-0.1, -0.05) is 159 Å². The summed E-state index contributed by atoms with van der Waals surface area (Å²) in [7, 11) is 0. The fourth-order valence-electron chi connectivity index (χ4n) is 14.2. The van der Waals surface area contributed by atoms with Gasteiger partial charge in [-0.3, -0.25) is 28.8 Å². The van der Waals surface area contributed by atoms with Crippen LogP contribution in [-0.2, 0) is 52.6 Å². The van der Waals surface area contributed by atoms with Gasteiger partial charge in [-0.25, -0.2) is 19.4 Å². The molecule has 1 aromatic heterocycles. The molecule has 2 heterocycles. The molecular weight excluding hydrogens is 1160 g/mol. The maximum absolute atomic E-state index is 15.8. The number of carboxylic acid groups (broad SMARTS) is 2. The molecule has 5 N–H and O–H groups in total. The first-order valence-corrected chi connectivity index (χ1v) is 33.7. The van der Waals surface area contributed by atoms with Crippen molar-refractivity contribution in [3.05, 3.63) is 46.3 Å². The third kappa shape index (κ3) is 17.6. The smallest absolute Gasteiger partial charge is 0.342 e. The number of Topliss-reactive ketones (excluding diaryl/α,β-unsaturated/α-hetero) is 2. The minimum atomic E-state index is -1.78. The number of aromatic nitrogens is 1. The molecule has 0 radical (unpaired) electrons. The summed E-state index contributed by atoms with van der Waals surface area (Å²) in [6.07, 6.45) is 3.71. The van der Waals surface area contributed by atoms with Gasteiger partial charge in [0.1, 0.15) is 51.1 Å². The highest BCUT2D eigenvalue weighted by atomic mass is 32.2. The standard InChI is InChI=1S/C71H110N4O14S/c1-24-52(80)87-30-29-49(76)70(25-2,26-3)64(85)74-59-55(62(83)88-57-42(66(12,13)14)31-40(10)32-43(57)67(15,16)17)53(38(6)7)46(72-59)35-47-54(39(8)9)56(63(84)89-58-44(68(18,19)20)33-41(11)34-45(58)69(21,22)23)60(73-47)75-65(86)71(27-4,28-5)50(77)37-90-48(61(81)82)36-51(78)79/h24,35,38-45,48,57-58,73H,1,25-34,36-37H2,2-23H3,(H,75,86)(H,78,79)(H,81,82)(H,72,74,85). The normalized spacial score (nSPS) is 22.8. The van der Waals surface area contributed by atoms with E-state index in [1.807, 2.05) is 27.7 Å². The second-order valence-corrected chi connectivity index (χ2v) is 32.0. The van der Waals surface area contributed by atoms with Gasteiger partial charge in [0.25, 0.3) is 0 Å². The van der Waals surface area contributed by atoms with Crippen LogP contribution in [0.1, 0.15) is 244 Å². The van der Waals surface area contributed by atoms with Crippen molar-refractivity contribution in [3.8, 4) is 0 Å². The fourth-order valence-corrected chi connectivity index (χ4v) is 15.2. The lowest BCUT2D eigenvalue weighted by atomic mass is 9.59. The lowest BCUT2D eigenvalue weighted by Crippen LogP contribution is -2.51. The molecule has 0 bridgehead atoms. The number of amidine groups is 1. The van der Waals surface area contributed by atoms with Crippen LogP contribution in [0, 0.1) is 73.9 Å². The van der Waals surface area contributed by atoms with Gasteiger partial charge in [0.2, 0.25) is 11.8 Å². The van der Waals surface area contributed by atoms with Gasteiger partial charge in [-0.2, -0.15) is 0 Å². The number of H-pyrrole nitrogens is 1. The van der Waals surface area contributed by atoms with Crippen molar-refractivity contribution >= 4 is 82.7 Å². The van der Waals surface area contributed by atoms with Crippen molar-refractivity contribution in [2.24, 2.45) is 78.9 Å². The van der Waals surface area contributed by atoms with Crippen molar-refractivity contribution < 1.29 is 67.6 Å². The molecule has 0 saturated heterocycles. The van der Waals surface area contributed by atoms with Crippen LogP contribution in [-0.4, -0.2) is 104 Å². The number of esters is 3. The lowest BCUT2D eigenvalue weighted by molar-refractivity contribution is -0.164. The quantitative estimate of drug-likeness (QED) is 0.0250. The van der Waals surface area contributed by atoms with E-state index in [1.54, 1.807) is 33.8 Å². The average Bonchev–Trinajstić information content (AvgIpc) is 2.27. The number of aliphatic carboxylic acids is 2. The Bertz CT molecular complexity index is 2900. The van der Waals surface area contributed by atoms with E-state index in [9.17, 15) is 34.2 Å². The maximum Gasteiger partial charge on any atom is 0.342 e. The molecule has 19 heteroatoms. The monoisotopic (exact) mass is 1270 g/mol. The van der Waals surface area contributed by atoms with E-state index in [0.29, 0.717) is 34.7 Å². The number of ether oxygens (including phenoxy) is 3. The van der Waals surface area contributed by atoms with E-state index >= 15 is 19.2 Å². The van der Waals surface area contributed by atoms with Crippen molar-refractivity contribution in [2.45, 2.75) is 240 Å². The van der Waals surface area contributed by atoms with Crippen LogP contribution in [0.3, 0.4) is 0 Å². The number of aliphatic imine (C=N–C) groups is 1. The largest absolute Gasteiger partial charge is 0.481 e. The number of thioether (sulfide) groups is 1. The number of anilines is 1. The molecule has 1 aliphatic heterocycles. The minimum absolute atomic E-state index is 0.00869. The predicted molar refractivity (Wildman–Crippen MR) is 355 cm³/mol. The molecular formula is C71H110N4O14S. The number of hydrogen-bond acceptors (Lipinski definition) is 14. The average molecular weight is 1280 g/mol. The molecule has 5 atom stereocenters. The number of nitrogens with zero attached hydrogens (tertiary/aromatic N) is 1. The van der Waals surface area contributed by atoms with E-state index < -0.39 is 106 Å². The summed E-state index contributed by atoms with van der Waals surface area (Å²) in [5.74, 6) is -8.93. The highest BCUT2D eigenvalue weighted by Gasteiger charge is 2.52. The van der Waals surface area contributed by atoms with Gasteiger partial charge >= 0.3 is 29.8 Å². The van der Waals surface area contributed by atoms with Gasteiger partial charge < -0.3 is 40.0 Å². The molecule has 1 aromatic rings. The van der Waals surface area contributed by atoms with Crippen molar-refractivity contribution in [1.82, 2.24) is 10.3 Å². The molecule has 2 aliphatic carbocycles. The molecule has 0 spiro atoms. The number of rotatable bonds is 26. The van der Waals surface area contributed by atoms with Crippen molar-refractivity contribution in [2.75, 3.05) is 17.7 Å². The second kappa shape index (κ2) is 30.3. The second-order valence-electron chi connectivity index (χ2n) is 30.8. The Labute approximate surface area is 541 Å². The summed E-state index contributed by atoms with van der Waals surface area (Å²) in [5.41, 5.74) is -3.37. The van der Waals surface area contributed by atoms with E-state index in [-0.39, 0.29) is 118 Å². The van der Waals surface area contributed by atoms with Crippen LogP contribution in [0.2, 0.25) is 0 Å². The van der Waals surface area contributed by atoms with Gasteiger partial charge in [0, 0.05) is 41.9 Å². The fraction of sp³-hybridized carbons (Fsp3) is 0.718. The van der Waals surface area contributed by atoms with Crippen molar-refractivity contribution in [3.63, 3.8) is 0 Å². The summed E-state index contributed by atoms with van der Waals surface area (Å²) < 4.78 is 19.0. The third-order valence-corrected chi connectivity index (χ3v) is 20.9. The summed E-state index contributed by atoms with van der Waals surface area (Å²) in [6.45, 7) is 47.6. The first-order chi connectivity index (χ1) is 41.4. The molecule has 90 heavy (non-hydrogen) atoms. The minimum Gasteiger partial charge on any atom is -0.481 e. The highest BCUT2D eigenvalue weighted by Crippen LogP contribution is 2.52. The van der Waals surface area contributed by atoms with Gasteiger partial charge in [0.15, 0.2) is 11.6 Å². The first-order valence-electron chi connectivity index (χ1n) is 32.7. The van der Waals surface area contributed by atoms with E-state index in [2.05, 4.69) is 119 Å². The highest BCUT2D eigenvalue weighted by molar-refractivity contribution is 8.01. The number of carboxylic acids is 2. The predicted octanol–water partition coefficient (Wildman–Crippen LogP) is 14.4. The Balaban J connectivity index is 2.15. The number of allylic oxidation sites excluding steroid dienone is 1. The van der Waals surface area contributed by atoms with E-state index in [0.717, 1.165) is 31.8 Å². The zero-order valence-electron chi connectivity index (χ0n) is 58.3. The number of amides is 2. The molecule has 18 nitrogen and oxygen atoms in total. The zero-order valence-corrected chi connectivity index (χ0v) is 59.2. The Hall–Kier alpha value is -5.85. The summed E-state index contributed by atoms with van der Waals surface area (Å²) >= 11 is 0.625. The first kappa shape index (κ1) is 76.6. The van der Waals surface area contributed by atoms with Crippen LogP contribution < -0.4 is 10.6 Å². The Morgan fingerprint density at radius 3 is 1.48 bits per heavy atom. The number of hydrogen-bond donors (Lipinski definition) is 5. The van der Waals surface area contributed by atoms with Crippen LogP contribution in [0.4, 0.5) is 5.82 Å². The number of carbonyl (C=O) groups is 9. The number of nitrogens with one attached hydrogen (secondary N) is 3. The van der Waals surface area contributed by atoms with Crippen LogP contribution in [0.25, 0.3) is 6.08 Å². The Morgan fingerprint density at radius 1 is 0.656 bits per heavy atom. The maximum atomic E-state index is 15.8. The van der Waals surface area contributed by atoms with E-state index in [1.165, 1.54) is 0 Å². The molecule has 5 unspecified atom stereocenters. The van der Waals surface area contributed by atoms with Gasteiger partial charge in [-0.05, 0) is 114 Å². The zero-order chi connectivity index (χ0) is 68.7. The number of aromatic amines is 1. The molecule has 0 aromatic carbocycles. The van der Waals surface area contributed by atoms with Crippen LogP contribution in [0.5, 0.6) is 0 Å². The molecule has 2 saturated carbocycles. The summed E-state index contributed by atoms with van der Waals surface area (Å²) in [6, 6.07) is 0. The third-order valence-electron chi connectivity index (χ3n) is 19.7. The molecule has 2 fully saturated rings. The van der Waals surface area contributed by atoms with Gasteiger partial charge in [-0.15, -0.1) is 11.8 Å². The summed E-state index contributed by atoms with van der Waals surface area (Å²) in [5, 5.41) is 23.8. The Morgan fingerprint density at radius 2 is 1.09 bits per heavy atom. The van der Waals surface area contributed by atoms with Crippen molar-refractivity contribution in [1.29, 1.82) is 0 Å². The Kier molecular flexibility index (Phi) is 25.8. The molecule has 2 amide bonds. The van der Waals surface area contributed by atoms with Gasteiger partial charge in [0.05, 0.1) is 24.5 Å². The van der Waals surface area contributed by atoms with Crippen LogP contribution >= 0.6 is 11.8 Å². The molecule has 504 valence electrons. The molecule has 3 aliphatic rings. The lowest BCUT2D eigenvalue weighted by Gasteiger charge is -2.50. The van der Waals surface area contributed by atoms with Crippen LogP contribution in [0.15, 0.2) is 34.5 Å².